The number of ether oxygens (including phenoxy) is 1. The molecule has 0 saturated carbocycles. The number of nitrogens with zero attached hydrogens (tertiary/aromatic N) is 3. The van der Waals surface area contributed by atoms with Crippen molar-refractivity contribution in [3.8, 4) is 17.0 Å². The van der Waals surface area contributed by atoms with Crippen LogP contribution in [0.15, 0.2) is 48.8 Å². The second-order valence-electron chi connectivity index (χ2n) is 6.15. The van der Waals surface area contributed by atoms with Crippen molar-refractivity contribution in [1.29, 1.82) is 0 Å². The molecule has 1 aliphatic rings. The molecule has 30 heavy (non-hydrogen) atoms. The molecule has 1 aromatic carbocycles. The van der Waals surface area contributed by atoms with Crippen LogP contribution in [0.2, 0.25) is 0 Å². The van der Waals surface area contributed by atoms with Crippen LogP contribution in [0.25, 0.3) is 11.3 Å². The number of pyridine rings is 1. The SMILES string of the molecule is FC(F)(Cl)Oc1cc[c-]cc1.O=[C-]c1cnc(N2CCCC2)c(-c2ccn[nH]2)c1.[Nb+2]. The average Bonchev–Trinajstić information content (AvgIpc) is 3.41. The summed E-state index contributed by atoms with van der Waals surface area (Å²) < 4.78 is 27.9. The Labute approximate surface area is 193 Å². The maximum absolute atomic E-state index is 11.9. The number of hydrogen-bond acceptors (Lipinski definition) is 5. The smallest absolute Gasteiger partial charge is 0.447 e. The van der Waals surface area contributed by atoms with Gasteiger partial charge in [0.05, 0.1) is 12.0 Å². The van der Waals surface area contributed by atoms with Crippen LogP contribution in [0, 0.1) is 6.07 Å². The Morgan fingerprint density at radius 1 is 1.23 bits per heavy atom. The van der Waals surface area contributed by atoms with E-state index in [1.807, 2.05) is 12.4 Å². The van der Waals surface area contributed by atoms with Crippen LogP contribution in [0.3, 0.4) is 0 Å². The van der Waals surface area contributed by atoms with Gasteiger partial charge in [0, 0.05) is 36.6 Å². The van der Waals surface area contributed by atoms with E-state index in [4.69, 9.17) is 0 Å². The fraction of sp³-hybridized carbons (Fsp3) is 0.250. The topological polar surface area (TPSA) is 71.1 Å². The van der Waals surface area contributed by atoms with Gasteiger partial charge in [0.15, 0.2) is 0 Å². The fourth-order valence-corrected chi connectivity index (χ4v) is 2.96. The first-order valence-corrected chi connectivity index (χ1v) is 9.19. The molecule has 0 spiro atoms. The molecule has 3 heterocycles. The fourth-order valence-electron chi connectivity index (χ4n) is 2.87. The molecule has 0 aliphatic carbocycles. The van der Waals surface area contributed by atoms with Crippen molar-refractivity contribution in [2.45, 2.75) is 18.4 Å². The van der Waals surface area contributed by atoms with Crippen LogP contribution in [0.5, 0.6) is 5.75 Å². The monoisotopic (exact) mass is 511 g/mol. The normalized spacial score (nSPS) is 13.1. The van der Waals surface area contributed by atoms with E-state index in [1.165, 1.54) is 37.1 Å². The quantitative estimate of drug-likeness (QED) is 0.316. The largest absolute Gasteiger partial charge is 2.00 e. The molecule has 3 aromatic rings. The van der Waals surface area contributed by atoms with E-state index in [1.54, 1.807) is 18.5 Å². The third-order valence-corrected chi connectivity index (χ3v) is 4.18. The third kappa shape index (κ3) is 6.91. The van der Waals surface area contributed by atoms with Crippen molar-refractivity contribution >= 4 is 23.7 Å². The van der Waals surface area contributed by atoms with Crippen LogP contribution in [-0.2, 0) is 27.2 Å². The number of aromatic amines is 1. The van der Waals surface area contributed by atoms with Gasteiger partial charge in [0.1, 0.15) is 5.82 Å². The minimum atomic E-state index is -3.64. The van der Waals surface area contributed by atoms with Gasteiger partial charge in [-0.1, -0.05) is 6.20 Å². The number of aromatic nitrogens is 3. The summed E-state index contributed by atoms with van der Waals surface area (Å²) in [5.41, 5.74) is -1.39. The molecule has 6 nitrogen and oxygen atoms in total. The Morgan fingerprint density at radius 3 is 2.50 bits per heavy atom. The Balaban J connectivity index is 0.000000232. The molecule has 155 valence electrons. The number of H-pyrrole nitrogens is 1. The molecule has 0 bridgehead atoms. The van der Waals surface area contributed by atoms with Crippen molar-refractivity contribution in [1.82, 2.24) is 15.2 Å². The summed E-state index contributed by atoms with van der Waals surface area (Å²) in [6.45, 7) is 2.02. The van der Waals surface area contributed by atoms with Crippen LogP contribution >= 0.6 is 11.6 Å². The Morgan fingerprint density at radius 2 is 1.93 bits per heavy atom. The molecule has 4 rings (SSSR count). The van der Waals surface area contributed by atoms with Crippen LogP contribution < -0.4 is 9.64 Å². The van der Waals surface area contributed by atoms with Gasteiger partial charge in [-0.3, -0.25) is 5.10 Å². The van der Waals surface area contributed by atoms with Gasteiger partial charge in [0.2, 0.25) is 0 Å². The first kappa shape index (κ1) is 24.0. The molecular weight excluding hydrogens is 495 g/mol. The molecule has 2 aromatic heterocycles. The number of alkyl halides is 3. The first-order chi connectivity index (χ1) is 14.0. The second-order valence-corrected chi connectivity index (χ2v) is 6.59. The van der Waals surface area contributed by atoms with Crippen LogP contribution in [-0.4, -0.2) is 40.1 Å². The number of rotatable bonds is 5. The second kappa shape index (κ2) is 11.2. The number of benzene rings is 1. The van der Waals surface area contributed by atoms with E-state index in [0.29, 0.717) is 5.56 Å². The molecule has 0 atom stereocenters. The summed E-state index contributed by atoms with van der Waals surface area (Å²) >= 11 is 4.50. The predicted molar refractivity (Wildman–Crippen MR) is 105 cm³/mol. The van der Waals surface area contributed by atoms with Gasteiger partial charge in [-0.15, -0.1) is 32.5 Å². The van der Waals surface area contributed by atoms with Crippen molar-refractivity contribution in [3.05, 3.63) is 60.4 Å². The van der Waals surface area contributed by atoms with Crippen LogP contribution in [0.4, 0.5) is 14.6 Å². The molecule has 0 amide bonds. The van der Waals surface area contributed by atoms with E-state index in [0.717, 1.165) is 30.2 Å². The number of halogens is 3. The molecule has 1 aliphatic heterocycles. The van der Waals surface area contributed by atoms with Crippen molar-refractivity contribution in [3.63, 3.8) is 0 Å². The van der Waals surface area contributed by atoms with E-state index >= 15 is 0 Å². The maximum atomic E-state index is 11.9. The Bertz CT molecular complexity index is 918. The van der Waals surface area contributed by atoms with Gasteiger partial charge < -0.3 is 19.4 Å². The van der Waals surface area contributed by atoms with E-state index in [9.17, 15) is 13.6 Å². The molecule has 1 fully saturated rings. The summed E-state index contributed by atoms with van der Waals surface area (Å²) in [6, 6.07) is 11.9. The molecule has 1 saturated heterocycles. The maximum Gasteiger partial charge on any atom is 2.00 e. The average molecular weight is 512 g/mol. The van der Waals surface area contributed by atoms with Crippen molar-refractivity contribution in [2.24, 2.45) is 0 Å². The van der Waals surface area contributed by atoms with E-state index < -0.39 is 5.57 Å². The summed E-state index contributed by atoms with van der Waals surface area (Å²) in [7, 11) is 0. The molecular formula is C20H17ClF2N4NbO2. The summed E-state index contributed by atoms with van der Waals surface area (Å²) in [4.78, 5) is 17.4. The molecule has 1 N–H and O–H groups in total. The molecule has 0 unspecified atom stereocenters. The number of nitrogens with one attached hydrogen (secondary N) is 1. The summed E-state index contributed by atoms with van der Waals surface area (Å²) in [5, 5.41) is 6.87. The van der Waals surface area contributed by atoms with E-state index in [2.05, 4.69) is 42.5 Å². The minimum Gasteiger partial charge on any atom is -0.447 e. The number of carbonyl (C=O) groups excluding carboxylic acids is 1. The first-order valence-electron chi connectivity index (χ1n) is 8.81. The van der Waals surface area contributed by atoms with Gasteiger partial charge in [-0.05, 0) is 24.5 Å². The van der Waals surface area contributed by atoms with Crippen molar-refractivity contribution < 1.29 is 40.7 Å². The summed E-state index contributed by atoms with van der Waals surface area (Å²) in [5.74, 6) is 0.930. The number of hydrogen-bond donors (Lipinski definition) is 1. The molecule has 10 heteroatoms. The zero-order chi connectivity index (χ0) is 20.7. The van der Waals surface area contributed by atoms with Crippen molar-refractivity contribution in [2.75, 3.05) is 18.0 Å². The number of anilines is 1. The Kier molecular flexibility index (Phi) is 8.98. The minimum absolute atomic E-state index is 0. The van der Waals surface area contributed by atoms with Gasteiger partial charge >= 0.3 is 27.9 Å². The standard InChI is InChI=1S/C13H13N4O.C7H4ClF2O.Nb/c18-9-10-7-11(12-3-4-15-16-12)13(14-8-10)17-5-1-2-6-17;8-7(9,10)11-6-4-2-1-3-5-6;/h3-4,7-8H,1-2,5-6H2,(H,15,16);2-5H;/q2*-1;+2. The van der Waals surface area contributed by atoms with Gasteiger partial charge in [-0.25, -0.2) is 0 Å². The Hall–Kier alpha value is -2.26. The summed E-state index contributed by atoms with van der Waals surface area (Å²) in [6.07, 6.45) is 7.52. The third-order valence-electron chi connectivity index (χ3n) is 4.10. The predicted octanol–water partition coefficient (Wildman–Crippen LogP) is 4.18. The van der Waals surface area contributed by atoms with Gasteiger partial charge in [-0.2, -0.15) is 23.3 Å². The zero-order valence-corrected chi connectivity index (χ0v) is 18.6. The van der Waals surface area contributed by atoms with Crippen LogP contribution in [0.1, 0.15) is 18.4 Å². The van der Waals surface area contributed by atoms with E-state index in [-0.39, 0.29) is 28.1 Å². The zero-order valence-electron chi connectivity index (χ0n) is 15.7. The molecule has 1 radical (unpaired) electrons. The van der Waals surface area contributed by atoms with Gasteiger partial charge in [0.25, 0.3) is 0 Å².